The Morgan fingerprint density at radius 2 is 2.07 bits per heavy atom. The van der Waals surface area contributed by atoms with Gasteiger partial charge in [-0.1, -0.05) is 6.07 Å². The summed E-state index contributed by atoms with van der Waals surface area (Å²) in [5, 5.41) is 11.3. The van der Waals surface area contributed by atoms with Gasteiger partial charge < -0.3 is 15.4 Å². The van der Waals surface area contributed by atoms with Crippen molar-refractivity contribution in [3.8, 4) is 5.88 Å². The molecule has 8 heteroatoms. The lowest BCUT2D eigenvalue weighted by Gasteiger charge is -2.18. The van der Waals surface area contributed by atoms with Crippen LogP contribution in [-0.2, 0) is 20.0 Å². The summed E-state index contributed by atoms with van der Waals surface area (Å²) >= 11 is 0. The van der Waals surface area contributed by atoms with E-state index in [9.17, 15) is 0 Å². The molecule has 2 heterocycles. The van der Waals surface area contributed by atoms with E-state index in [0.29, 0.717) is 19.0 Å². The summed E-state index contributed by atoms with van der Waals surface area (Å²) in [7, 11) is 1.99. The van der Waals surface area contributed by atoms with Gasteiger partial charge in [-0.15, -0.1) is 24.0 Å². The van der Waals surface area contributed by atoms with Crippen molar-refractivity contribution in [1.82, 2.24) is 25.4 Å². The summed E-state index contributed by atoms with van der Waals surface area (Å²) in [6.45, 7) is 12.3. The molecule has 156 valence electrons. The molecule has 0 aromatic carbocycles. The van der Waals surface area contributed by atoms with Crippen LogP contribution in [0.4, 0.5) is 0 Å². The number of aliphatic imine (C=N–C) groups is 1. The Kier molecular flexibility index (Phi) is 10.3. The summed E-state index contributed by atoms with van der Waals surface area (Å²) in [5.41, 5.74) is 4.56. The molecule has 0 aliphatic rings. The Labute approximate surface area is 185 Å². The third-order valence-electron chi connectivity index (χ3n) is 4.44. The van der Waals surface area contributed by atoms with E-state index >= 15 is 0 Å². The molecule has 2 N–H and O–H groups in total. The molecule has 1 atom stereocenters. The van der Waals surface area contributed by atoms with Gasteiger partial charge in [0.25, 0.3) is 0 Å². The smallest absolute Gasteiger partial charge is 0.218 e. The number of pyridine rings is 1. The molecular weight excluding hydrogens is 467 g/mol. The van der Waals surface area contributed by atoms with Crippen molar-refractivity contribution in [2.45, 2.75) is 53.6 Å². The van der Waals surface area contributed by atoms with Crippen LogP contribution in [0.5, 0.6) is 5.88 Å². The van der Waals surface area contributed by atoms with Crippen LogP contribution >= 0.6 is 24.0 Å². The van der Waals surface area contributed by atoms with Crippen molar-refractivity contribution in [1.29, 1.82) is 0 Å². The average Bonchev–Trinajstić information content (AvgIpc) is 2.87. The van der Waals surface area contributed by atoms with Crippen molar-refractivity contribution >= 4 is 29.9 Å². The van der Waals surface area contributed by atoms with Gasteiger partial charge in [0.1, 0.15) is 0 Å². The predicted molar refractivity (Wildman–Crippen MR) is 125 cm³/mol. The summed E-state index contributed by atoms with van der Waals surface area (Å²) in [6, 6.07) is 4.13. The molecule has 7 nitrogen and oxygen atoms in total. The van der Waals surface area contributed by atoms with Crippen molar-refractivity contribution in [2.75, 3.05) is 13.2 Å². The highest BCUT2D eigenvalue weighted by Crippen LogP contribution is 2.16. The molecular formula is C20H33IN6O. The normalized spacial score (nSPS) is 12.3. The minimum atomic E-state index is 0. The molecule has 2 aromatic heterocycles. The van der Waals surface area contributed by atoms with Crippen LogP contribution in [0, 0.1) is 13.8 Å². The lowest BCUT2D eigenvalue weighted by atomic mass is 10.1. The van der Waals surface area contributed by atoms with Gasteiger partial charge in [-0.25, -0.2) is 9.98 Å². The van der Waals surface area contributed by atoms with Crippen LogP contribution in [0.1, 0.15) is 43.3 Å². The van der Waals surface area contributed by atoms with E-state index in [1.54, 1.807) is 6.20 Å². The number of rotatable bonds is 8. The monoisotopic (exact) mass is 500 g/mol. The van der Waals surface area contributed by atoms with Gasteiger partial charge in [-0.05, 0) is 52.7 Å². The largest absolute Gasteiger partial charge is 0.478 e. The molecule has 2 rings (SSSR count). The molecule has 0 amide bonds. The van der Waals surface area contributed by atoms with E-state index in [0.717, 1.165) is 30.2 Å². The van der Waals surface area contributed by atoms with Crippen LogP contribution in [-0.4, -0.2) is 39.9 Å². The van der Waals surface area contributed by atoms with E-state index < -0.39 is 0 Å². The zero-order valence-electron chi connectivity index (χ0n) is 17.7. The number of hydrogen-bond donors (Lipinski definition) is 2. The van der Waals surface area contributed by atoms with Crippen LogP contribution < -0.4 is 15.4 Å². The maximum atomic E-state index is 5.59. The van der Waals surface area contributed by atoms with Gasteiger partial charge in [-0.3, -0.25) is 4.68 Å². The van der Waals surface area contributed by atoms with Crippen molar-refractivity contribution in [2.24, 2.45) is 12.0 Å². The first kappa shape index (κ1) is 24.2. The fourth-order valence-electron chi connectivity index (χ4n) is 3.00. The fourth-order valence-corrected chi connectivity index (χ4v) is 3.00. The number of ether oxygens (including phenoxy) is 1. The number of nitrogens with one attached hydrogen (secondary N) is 2. The molecule has 0 aliphatic carbocycles. The molecule has 0 saturated carbocycles. The van der Waals surface area contributed by atoms with Gasteiger partial charge in [0.15, 0.2) is 5.96 Å². The lowest BCUT2D eigenvalue weighted by molar-refractivity contribution is 0.323. The highest BCUT2D eigenvalue weighted by molar-refractivity contribution is 14.0. The SMILES string of the molecule is CCNC(=NCc1cccnc1OCC)NC(C)Cc1c(C)nn(C)c1C.I. The van der Waals surface area contributed by atoms with E-state index in [4.69, 9.17) is 9.73 Å². The Hall–Kier alpha value is -1.84. The molecule has 0 spiro atoms. The highest BCUT2D eigenvalue weighted by atomic mass is 127. The van der Waals surface area contributed by atoms with Crippen LogP contribution in [0.2, 0.25) is 0 Å². The van der Waals surface area contributed by atoms with E-state index in [-0.39, 0.29) is 30.0 Å². The van der Waals surface area contributed by atoms with Crippen LogP contribution in [0.3, 0.4) is 0 Å². The number of hydrogen-bond acceptors (Lipinski definition) is 4. The Morgan fingerprint density at radius 1 is 1.32 bits per heavy atom. The molecule has 0 saturated heterocycles. The predicted octanol–water partition coefficient (Wildman–Crippen LogP) is 3.13. The van der Waals surface area contributed by atoms with Crippen LogP contribution in [0.15, 0.2) is 23.3 Å². The minimum absolute atomic E-state index is 0. The second kappa shape index (κ2) is 11.9. The first-order valence-electron chi connectivity index (χ1n) is 9.56. The first-order chi connectivity index (χ1) is 13.0. The molecule has 0 radical (unpaired) electrons. The molecule has 0 fully saturated rings. The van der Waals surface area contributed by atoms with Gasteiger partial charge in [-0.2, -0.15) is 5.10 Å². The van der Waals surface area contributed by atoms with Gasteiger partial charge in [0.2, 0.25) is 5.88 Å². The average molecular weight is 500 g/mol. The highest BCUT2D eigenvalue weighted by Gasteiger charge is 2.14. The number of nitrogens with zero attached hydrogens (tertiary/aromatic N) is 4. The van der Waals surface area contributed by atoms with E-state index in [1.165, 1.54) is 11.3 Å². The number of aryl methyl sites for hydroxylation is 2. The van der Waals surface area contributed by atoms with Crippen molar-refractivity contribution in [3.05, 3.63) is 40.8 Å². The van der Waals surface area contributed by atoms with Gasteiger partial charge in [0.05, 0.1) is 18.8 Å². The number of halogens is 1. The summed E-state index contributed by atoms with van der Waals surface area (Å²) in [4.78, 5) is 9.00. The quantitative estimate of drug-likeness (QED) is 0.331. The van der Waals surface area contributed by atoms with Crippen molar-refractivity contribution in [3.63, 3.8) is 0 Å². The van der Waals surface area contributed by atoms with E-state index in [2.05, 4.69) is 48.4 Å². The Morgan fingerprint density at radius 3 is 2.68 bits per heavy atom. The summed E-state index contributed by atoms with van der Waals surface area (Å²) in [5.74, 6) is 1.43. The second-order valence-corrected chi connectivity index (χ2v) is 6.62. The van der Waals surface area contributed by atoms with Gasteiger partial charge >= 0.3 is 0 Å². The Bertz CT molecular complexity index is 774. The number of guanidine groups is 1. The van der Waals surface area contributed by atoms with Gasteiger partial charge in [0, 0.05) is 37.1 Å². The second-order valence-electron chi connectivity index (χ2n) is 6.62. The summed E-state index contributed by atoms with van der Waals surface area (Å²) in [6.07, 6.45) is 2.63. The lowest BCUT2D eigenvalue weighted by Crippen LogP contribution is -2.43. The molecule has 0 aliphatic heterocycles. The fraction of sp³-hybridized carbons (Fsp3) is 0.550. The minimum Gasteiger partial charge on any atom is -0.478 e. The first-order valence-corrected chi connectivity index (χ1v) is 9.56. The van der Waals surface area contributed by atoms with E-state index in [1.807, 2.05) is 30.8 Å². The molecule has 1 unspecified atom stereocenters. The molecule has 0 bridgehead atoms. The van der Waals surface area contributed by atoms with Crippen LogP contribution in [0.25, 0.3) is 0 Å². The third kappa shape index (κ3) is 6.65. The zero-order valence-corrected chi connectivity index (χ0v) is 20.1. The standard InChI is InChI=1S/C20H32N6O.HI/c1-7-21-20(23-13-17-10-9-11-22-19(17)27-8-2)24-14(3)12-18-15(4)25-26(6)16(18)5;/h9-11,14H,7-8,12-13H2,1-6H3,(H2,21,23,24);1H. The zero-order chi connectivity index (χ0) is 19.8. The number of aromatic nitrogens is 3. The topological polar surface area (TPSA) is 76.4 Å². The third-order valence-corrected chi connectivity index (χ3v) is 4.44. The van der Waals surface area contributed by atoms with Crippen molar-refractivity contribution < 1.29 is 4.74 Å². The molecule has 2 aromatic rings. The molecule has 28 heavy (non-hydrogen) atoms. The maximum absolute atomic E-state index is 5.59. The Balaban J connectivity index is 0.00000392. The summed E-state index contributed by atoms with van der Waals surface area (Å²) < 4.78 is 7.53. The maximum Gasteiger partial charge on any atom is 0.218 e.